The van der Waals surface area contributed by atoms with Gasteiger partial charge < -0.3 is 15.0 Å². The summed E-state index contributed by atoms with van der Waals surface area (Å²) in [6.07, 6.45) is 11.1. The van der Waals surface area contributed by atoms with E-state index in [4.69, 9.17) is 4.74 Å². The lowest BCUT2D eigenvalue weighted by molar-refractivity contribution is 0.160. The molecule has 0 atom stereocenters. The summed E-state index contributed by atoms with van der Waals surface area (Å²) in [5.74, 6) is 0.181. The first-order valence-electron chi connectivity index (χ1n) is 13.8. The first-order chi connectivity index (χ1) is 18.6. The number of rotatable bonds is 6. The van der Waals surface area contributed by atoms with Gasteiger partial charge >= 0.3 is 5.69 Å². The second-order valence-corrected chi connectivity index (χ2v) is 11.1. The largest absolute Gasteiger partial charge is 0.478 e. The zero-order valence-corrected chi connectivity index (χ0v) is 21.8. The Morgan fingerprint density at radius 1 is 1.11 bits per heavy atom. The van der Waals surface area contributed by atoms with Crippen LogP contribution in [0.5, 0.6) is 5.88 Å². The highest BCUT2D eigenvalue weighted by Gasteiger charge is 2.44. The SMILES string of the molecule is Cn1c(=O)n2c3c4c(c(-c5ccc(OCCCN6CCCCC6)nc5)c(F)cc4ncc31)NCC21CCC1. The van der Waals surface area contributed by atoms with Crippen molar-refractivity contribution in [3.63, 3.8) is 0 Å². The van der Waals surface area contributed by atoms with Crippen molar-refractivity contribution in [3.05, 3.63) is 46.9 Å². The van der Waals surface area contributed by atoms with E-state index in [0.29, 0.717) is 41.4 Å². The van der Waals surface area contributed by atoms with Crippen molar-refractivity contribution in [1.29, 1.82) is 0 Å². The van der Waals surface area contributed by atoms with Crippen LogP contribution >= 0.6 is 0 Å². The number of piperidine rings is 1. The van der Waals surface area contributed by atoms with Crippen molar-refractivity contribution in [3.8, 4) is 17.0 Å². The molecule has 5 heterocycles. The predicted octanol–water partition coefficient (Wildman–Crippen LogP) is 4.65. The normalized spacial score (nSPS) is 18.6. The third kappa shape index (κ3) is 3.62. The van der Waals surface area contributed by atoms with Gasteiger partial charge in [0.05, 0.1) is 46.0 Å². The van der Waals surface area contributed by atoms with Gasteiger partial charge in [-0.25, -0.2) is 14.2 Å². The summed E-state index contributed by atoms with van der Waals surface area (Å²) < 4.78 is 25.2. The van der Waals surface area contributed by atoms with E-state index in [1.54, 1.807) is 24.0 Å². The number of aryl methyl sites for hydroxylation is 1. The van der Waals surface area contributed by atoms with E-state index in [1.807, 2.05) is 16.7 Å². The molecular formula is C29H33FN6O2. The Morgan fingerprint density at radius 2 is 1.95 bits per heavy atom. The van der Waals surface area contributed by atoms with Gasteiger partial charge in [-0.2, -0.15) is 0 Å². The summed E-state index contributed by atoms with van der Waals surface area (Å²) in [5, 5.41) is 4.34. The molecule has 3 aliphatic rings. The number of likely N-dealkylation sites (tertiary alicyclic amines) is 1. The molecule has 1 aromatic carbocycles. The molecule has 4 aromatic rings. The molecule has 198 valence electrons. The van der Waals surface area contributed by atoms with E-state index in [2.05, 4.69) is 20.2 Å². The fourth-order valence-corrected chi connectivity index (χ4v) is 6.60. The van der Waals surface area contributed by atoms with Crippen LogP contribution in [-0.4, -0.2) is 56.8 Å². The molecular weight excluding hydrogens is 483 g/mol. The van der Waals surface area contributed by atoms with Crippen LogP contribution in [0.4, 0.5) is 10.1 Å². The summed E-state index contributed by atoms with van der Waals surface area (Å²) >= 11 is 0. The number of imidazole rings is 1. The van der Waals surface area contributed by atoms with Crippen molar-refractivity contribution < 1.29 is 9.13 Å². The summed E-state index contributed by atoms with van der Waals surface area (Å²) in [6, 6.07) is 5.15. The molecule has 0 unspecified atom stereocenters. The number of anilines is 1. The highest BCUT2D eigenvalue weighted by molar-refractivity contribution is 6.13. The van der Waals surface area contributed by atoms with Crippen molar-refractivity contribution in [2.75, 3.05) is 38.1 Å². The maximum absolute atomic E-state index is 15.7. The zero-order chi connectivity index (χ0) is 25.9. The molecule has 2 fully saturated rings. The van der Waals surface area contributed by atoms with E-state index in [0.717, 1.165) is 48.6 Å². The number of hydrogen-bond acceptors (Lipinski definition) is 6. The van der Waals surface area contributed by atoms with Crippen LogP contribution in [0.3, 0.4) is 0 Å². The quantitative estimate of drug-likeness (QED) is 0.376. The molecule has 3 aromatic heterocycles. The Hall–Kier alpha value is -3.46. The summed E-state index contributed by atoms with van der Waals surface area (Å²) in [7, 11) is 1.79. The Balaban J connectivity index is 1.23. The zero-order valence-electron chi connectivity index (χ0n) is 21.8. The number of hydrogen-bond donors (Lipinski definition) is 1. The maximum atomic E-state index is 15.7. The van der Waals surface area contributed by atoms with Crippen molar-refractivity contribution >= 4 is 27.6 Å². The minimum atomic E-state index is -0.363. The molecule has 7 rings (SSSR count). The molecule has 1 aliphatic carbocycles. The van der Waals surface area contributed by atoms with Gasteiger partial charge in [0.15, 0.2) is 0 Å². The van der Waals surface area contributed by atoms with E-state index >= 15 is 4.39 Å². The molecule has 0 radical (unpaired) electrons. The van der Waals surface area contributed by atoms with Crippen molar-refractivity contribution in [1.82, 2.24) is 24.0 Å². The minimum Gasteiger partial charge on any atom is -0.478 e. The van der Waals surface area contributed by atoms with Gasteiger partial charge in [0.2, 0.25) is 5.88 Å². The topological polar surface area (TPSA) is 77.2 Å². The molecule has 38 heavy (non-hydrogen) atoms. The van der Waals surface area contributed by atoms with Crippen LogP contribution in [-0.2, 0) is 12.6 Å². The second-order valence-electron chi connectivity index (χ2n) is 11.1. The lowest BCUT2D eigenvalue weighted by Crippen LogP contribution is -2.50. The minimum absolute atomic E-state index is 0.0435. The second kappa shape index (κ2) is 9.08. The Morgan fingerprint density at radius 3 is 2.68 bits per heavy atom. The van der Waals surface area contributed by atoms with Crippen molar-refractivity contribution in [2.24, 2.45) is 7.05 Å². The van der Waals surface area contributed by atoms with Gasteiger partial charge in [-0.15, -0.1) is 0 Å². The number of fused-ring (bicyclic) bond motifs is 1. The van der Waals surface area contributed by atoms with Crippen LogP contribution in [0, 0.1) is 5.82 Å². The third-order valence-corrected chi connectivity index (χ3v) is 8.82. The first-order valence-corrected chi connectivity index (χ1v) is 13.8. The van der Waals surface area contributed by atoms with Gasteiger partial charge in [0, 0.05) is 49.6 Å². The highest BCUT2D eigenvalue weighted by atomic mass is 19.1. The van der Waals surface area contributed by atoms with Gasteiger partial charge in [-0.3, -0.25) is 14.1 Å². The summed E-state index contributed by atoms with van der Waals surface area (Å²) in [6.45, 7) is 4.59. The van der Waals surface area contributed by atoms with E-state index in [1.165, 1.54) is 38.4 Å². The number of aromatic nitrogens is 4. The van der Waals surface area contributed by atoms with Gasteiger partial charge in [-0.1, -0.05) is 6.42 Å². The molecule has 1 spiro atoms. The Labute approximate surface area is 220 Å². The van der Waals surface area contributed by atoms with Crippen LogP contribution in [0.15, 0.2) is 35.4 Å². The number of ether oxygens (including phenoxy) is 1. The van der Waals surface area contributed by atoms with E-state index in [9.17, 15) is 4.79 Å². The van der Waals surface area contributed by atoms with E-state index < -0.39 is 0 Å². The van der Waals surface area contributed by atoms with Crippen LogP contribution in [0.25, 0.3) is 33.1 Å². The number of halogens is 1. The average molecular weight is 517 g/mol. The van der Waals surface area contributed by atoms with Gasteiger partial charge in [0.1, 0.15) is 5.82 Å². The molecule has 8 nitrogen and oxygen atoms in total. The first kappa shape index (κ1) is 23.6. The molecule has 0 bridgehead atoms. The van der Waals surface area contributed by atoms with E-state index in [-0.39, 0.29) is 17.0 Å². The molecule has 1 saturated carbocycles. The Kier molecular flexibility index (Phi) is 5.65. The predicted molar refractivity (Wildman–Crippen MR) is 146 cm³/mol. The third-order valence-electron chi connectivity index (χ3n) is 8.82. The Bertz CT molecular complexity index is 1580. The fraction of sp³-hybridized carbons (Fsp3) is 0.483. The van der Waals surface area contributed by atoms with Crippen LogP contribution < -0.4 is 15.7 Å². The molecule has 1 N–H and O–H groups in total. The maximum Gasteiger partial charge on any atom is 0.329 e. The number of nitrogens with zero attached hydrogens (tertiary/aromatic N) is 5. The summed E-state index contributed by atoms with van der Waals surface area (Å²) in [5.41, 5.74) is 3.60. The van der Waals surface area contributed by atoms with Gasteiger partial charge in [0.25, 0.3) is 0 Å². The average Bonchev–Trinajstić information content (AvgIpc) is 3.06. The highest BCUT2D eigenvalue weighted by Crippen LogP contribution is 2.47. The monoisotopic (exact) mass is 516 g/mol. The number of nitrogens with one attached hydrogen (secondary N) is 1. The summed E-state index contributed by atoms with van der Waals surface area (Å²) in [4.78, 5) is 24.9. The molecule has 1 saturated heterocycles. The standard InChI is InChI=1S/C29H33FN6O2/c1-34-22-17-31-21-15-20(30)24(26-25(21)27(22)36(28(34)37)29(18-33-26)9-5-10-29)19-7-8-23(32-16-19)38-14-6-13-35-11-3-2-4-12-35/h7-8,15-17,33H,2-6,9-14,18H2,1H3. The lowest BCUT2D eigenvalue weighted by Gasteiger charge is -2.42. The number of benzene rings is 1. The molecule has 2 aliphatic heterocycles. The van der Waals surface area contributed by atoms with Crippen molar-refractivity contribution in [2.45, 2.75) is 50.5 Å². The molecule has 0 amide bonds. The lowest BCUT2D eigenvalue weighted by atomic mass is 9.76. The smallest absolute Gasteiger partial charge is 0.329 e. The molecule has 9 heteroatoms. The fourth-order valence-electron chi connectivity index (χ4n) is 6.60. The van der Waals surface area contributed by atoms with Gasteiger partial charge in [-0.05, 0) is 57.7 Å². The number of pyridine rings is 2. The van der Waals surface area contributed by atoms with Crippen LogP contribution in [0.2, 0.25) is 0 Å². The van der Waals surface area contributed by atoms with Crippen LogP contribution in [0.1, 0.15) is 44.9 Å².